The number of carbonyl (C=O) groups is 1. The predicted octanol–water partition coefficient (Wildman–Crippen LogP) is 0.453. The van der Waals surface area contributed by atoms with Crippen LogP contribution in [0.25, 0.3) is 0 Å². The summed E-state index contributed by atoms with van der Waals surface area (Å²) in [6.07, 6.45) is 2.30. The van der Waals surface area contributed by atoms with Gasteiger partial charge in [0, 0.05) is 5.54 Å². The maximum absolute atomic E-state index is 11.0. The number of hydrogen-bond acceptors (Lipinski definition) is 3. The van der Waals surface area contributed by atoms with Crippen molar-refractivity contribution in [2.75, 3.05) is 6.61 Å². The minimum absolute atomic E-state index is 0.153. The first kappa shape index (κ1) is 8.27. The summed E-state index contributed by atoms with van der Waals surface area (Å²) in [6.45, 7) is 5.76. The lowest BCUT2D eigenvalue weighted by Crippen LogP contribution is -2.25. The van der Waals surface area contributed by atoms with Gasteiger partial charge in [0.15, 0.2) is 0 Å². The molecule has 1 fully saturated rings. The van der Waals surface area contributed by atoms with E-state index in [0.717, 1.165) is 0 Å². The molecule has 1 aliphatic rings. The van der Waals surface area contributed by atoms with E-state index in [0.29, 0.717) is 13.0 Å². The molecular formula is C8H13NO2. The second-order valence-electron chi connectivity index (χ2n) is 2.83. The second-order valence-corrected chi connectivity index (χ2v) is 2.83. The summed E-state index contributed by atoms with van der Waals surface area (Å²) in [4.78, 5) is 11.0. The molecule has 1 saturated carbocycles. The predicted molar refractivity (Wildman–Crippen MR) is 41.9 cm³/mol. The molecule has 0 amide bonds. The summed E-state index contributed by atoms with van der Waals surface area (Å²) >= 11 is 0. The second kappa shape index (κ2) is 2.66. The summed E-state index contributed by atoms with van der Waals surface area (Å²) in [5.74, 6) is -0.352. The highest BCUT2D eigenvalue weighted by Crippen LogP contribution is 2.42. The van der Waals surface area contributed by atoms with Gasteiger partial charge in [-0.25, -0.2) is 0 Å². The molecule has 3 nitrogen and oxygen atoms in total. The van der Waals surface area contributed by atoms with Crippen molar-refractivity contribution in [2.45, 2.75) is 18.9 Å². The van der Waals surface area contributed by atoms with Gasteiger partial charge in [0.25, 0.3) is 0 Å². The molecule has 0 aliphatic heterocycles. The third kappa shape index (κ3) is 1.43. The van der Waals surface area contributed by atoms with Gasteiger partial charge in [-0.15, -0.1) is 6.58 Å². The van der Waals surface area contributed by atoms with Crippen LogP contribution in [-0.2, 0) is 9.53 Å². The maximum Gasteiger partial charge on any atom is 0.311 e. The monoisotopic (exact) mass is 155 g/mol. The van der Waals surface area contributed by atoms with Crippen molar-refractivity contribution < 1.29 is 9.53 Å². The normalized spacial score (nSPS) is 34.5. The lowest BCUT2D eigenvalue weighted by molar-refractivity contribution is -0.144. The van der Waals surface area contributed by atoms with Gasteiger partial charge in [-0.3, -0.25) is 4.79 Å². The Morgan fingerprint density at radius 2 is 2.64 bits per heavy atom. The molecule has 1 rings (SSSR count). The van der Waals surface area contributed by atoms with E-state index in [4.69, 9.17) is 10.5 Å². The number of ether oxygens (including phenoxy) is 1. The highest BCUT2D eigenvalue weighted by atomic mass is 16.5. The van der Waals surface area contributed by atoms with Gasteiger partial charge in [0.2, 0.25) is 0 Å². The largest absolute Gasteiger partial charge is 0.466 e. The van der Waals surface area contributed by atoms with E-state index >= 15 is 0 Å². The van der Waals surface area contributed by atoms with E-state index in [2.05, 4.69) is 6.58 Å². The van der Waals surface area contributed by atoms with Gasteiger partial charge in [-0.2, -0.15) is 0 Å². The van der Waals surface area contributed by atoms with E-state index in [1.54, 1.807) is 13.0 Å². The Balaban J connectivity index is 2.42. The lowest BCUT2D eigenvalue weighted by atomic mass is 10.2. The Hall–Kier alpha value is -0.830. The van der Waals surface area contributed by atoms with Crippen LogP contribution in [0.1, 0.15) is 13.3 Å². The Bertz CT molecular complexity index is 191. The Morgan fingerprint density at radius 3 is 3.00 bits per heavy atom. The first-order valence-electron chi connectivity index (χ1n) is 3.73. The molecule has 0 aromatic rings. The average Bonchev–Trinajstić information content (AvgIpc) is 2.65. The Kier molecular flexibility index (Phi) is 2.00. The smallest absolute Gasteiger partial charge is 0.311 e. The zero-order chi connectivity index (χ0) is 8.48. The molecule has 1 aliphatic carbocycles. The summed E-state index contributed by atoms with van der Waals surface area (Å²) < 4.78 is 4.80. The quantitative estimate of drug-likeness (QED) is 0.475. The summed E-state index contributed by atoms with van der Waals surface area (Å²) in [6, 6.07) is 0. The summed E-state index contributed by atoms with van der Waals surface area (Å²) in [7, 11) is 0. The molecule has 0 unspecified atom stereocenters. The topological polar surface area (TPSA) is 52.3 Å². The number of hydrogen-bond donors (Lipinski definition) is 1. The van der Waals surface area contributed by atoms with Crippen molar-refractivity contribution in [1.82, 2.24) is 0 Å². The Labute approximate surface area is 66.2 Å². The van der Waals surface area contributed by atoms with Crippen molar-refractivity contribution in [3.8, 4) is 0 Å². The fourth-order valence-corrected chi connectivity index (χ4v) is 1.07. The minimum Gasteiger partial charge on any atom is -0.466 e. The molecule has 0 aromatic carbocycles. The fraction of sp³-hybridized carbons (Fsp3) is 0.625. The van der Waals surface area contributed by atoms with E-state index in [9.17, 15) is 4.79 Å². The van der Waals surface area contributed by atoms with Gasteiger partial charge < -0.3 is 10.5 Å². The van der Waals surface area contributed by atoms with Crippen molar-refractivity contribution in [2.24, 2.45) is 11.7 Å². The number of esters is 1. The number of rotatable bonds is 3. The molecule has 3 heteroatoms. The highest BCUT2D eigenvalue weighted by molar-refractivity contribution is 5.79. The van der Waals surface area contributed by atoms with Crippen LogP contribution in [0.15, 0.2) is 12.7 Å². The third-order valence-electron chi connectivity index (χ3n) is 2.00. The molecule has 11 heavy (non-hydrogen) atoms. The van der Waals surface area contributed by atoms with Crippen LogP contribution in [0.4, 0.5) is 0 Å². The van der Waals surface area contributed by atoms with Gasteiger partial charge in [-0.1, -0.05) is 6.08 Å². The van der Waals surface area contributed by atoms with E-state index < -0.39 is 5.54 Å². The standard InChI is InChI=1S/C8H13NO2/c1-3-8(9)5-6(8)7(10)11-4-2/h3,6H,1,4-5,9H2,2H3/t6-,8+/m0/s1. The van der Waals surface area contributed by atoms with Crippen molar-refractivity contribution in [3.63, 3.8) is 0 Å². The van der Waals surface area contributed by atoms with E-state index in [-0.39, 0.29) is 11.9 Å². The van der Waals surface area contributed by atoms with E-state index in [1.807, 2.05) is 0 Å². The SMILES string of the molecule is C=C[C@@]1(N)C[C@H]1C(=O)OCC. The van der Waals surface area contributed by atoms with Crippen molar-refractivity contribution in [1.29, 1.82) is 0 Å². The average molecular weight is 155 g/mol. The number of carbonyl (C=O) groups excluding carboxylic acids is 1. The molecule has 0 radical (unpaired) electrons. The molecule has 2 N–H and O–H groups in total. The lowest BCUT2D eigenvalue weighted by Gasteiger charge is -2.03. The van der Waals surface area contributed by atoms with Crippen LogP contribution in [0.5, 0.6) is 0 Å². The van der Waals surface area contributed by atoms with Crippen LogP contribution in [0.2, 0.25) is 0 Å². The maximum atomic E-state index is 11.0. The van der Waals surface area contributed by atoms with Crippen LogP contribution in [-0.4, -0.2) is 18.1 Å². The molecule has 0 spiro atoms. The first-order chi connectivity index (χ1) is 5.14. The summed E-state index contributed by atoms with van der Waals surface area (Å²) in [5.41, 5.74) is 5.22. The third-order valence-corrected chi connectivity index (χ3v) is 2.00. The van der Waals surface area contributed by atoms with Crippen LogP contribution >= 0.6 is 0 Å². The van der Waals surface area contributed by atoms with Gasteiger partial charge in [0.05, 0.1) is 12.5 Å². The van der Waals surface area contributed by atoms with Gasteiger partial charge in [0.1, 0.15) is 0 Å². The molecule has 0 heterocycles. The van der Waals surface area contributed by atoms with Crippen LogP contribution in [0, 0.1) is 5.92 Å². The molecule has 0 bridgehead atoms. The van der Waals surface area contributed by atoms with Gasteiger partial charge >= 0.3 is 5.97 Å². The van der Waals surface area contributed by atoms with Crippen molar-refractivity contribution in [3.05, 3.63) is 12.7 Å². The van der Waals surface area contributed by atoms with Crippen LogP contribution < -0.4 is 5.73 Å². The van der Waals surface area contributed by atoms with Gasteiger partial charge in [-0.05, 0) is 13.3 Å². The van der Waals surface area contributed by atoms with Crippen molar-refractivity contribution >= 4 is 5.97 Å². The zero-order valence-corrected chi connectivity index (χ0v) is 6.67. The van der Waals surface area contributed by atoms with E-state index in [1.165, 1.54) is 0 Å². The molecule has 0 saturated heterocycles. The molecule has 2 atom stereocenters. The molecule has 62 valence electrons. The Morgan fingerprint density at radius 1 is 2.00 bits per heavy atom. The molecule has 0 aromatic heterocycles. The number of nitrogens with two attached hydrogens (primary N) is 1. The highest BCUT2D eigenvalue weighted by Gasteiger charge is 2.54. The first-order valence-corrected chi connectivity index (χ1v) is 3.73. The fourth-order valence-electron chi connectivity index (χ4n) is 1.07. The zero-order valence-electron chi connectivity index (χ0n) is 6.67. The minimum atomic E-state index is -0.480. The summed E-state index contributed by atoms with van der Waals surface area (Å²) in [5, 5.41) is 0. The molecular weight excluding hydrogens is 142 g/mol. The van der Waals surface area contributed by atoms with Crippen LogP contribution in [0.3, 0.4) is 0 Å².